The lowest BCUT2D eigenvalue weighted by atomic mass is 9.91. The fraction of sp³-hybridized carbons (Fsp3) is 1.00. The molecule has 0 spiro atoms. The van der Waals surface area contributed by atoms with Gasteiger partial charge in [-0.15, -0.1) is 0 Å². The van der Waals surface area contributed by atoms with Crippen LogP contribution in [0.2, 0.25) is 0 Å². The predicted molar refractivity (Wildman–Crippen MR) is 38.5 cm³/mol. The molecule has 0 radical (unpaired) electrons. The van der Waals surface area contributed by atoms with Crippen LogP contribution in [-0.4, -0.2) is 17.6 Å². The molecule has 0 aliphatic heterocycles. The fourth-order valence-electron chi connectivity index (χ4n) is 1.87. The van der Waals surface area contributed by atoms with Crippen molar-refractivity contribution in [2.45, 2.75) is 32.6 Å². The molecule has 0 aromatic carbocycles. The summed E-state index contributed by atoms with van der Waals surface area (Å²) in [6, 6.07) is 0. The number of hydrogen-bond acceptors (Lipinski definition) is 1. The maximum atomic E-state index is 12.9. The molecule has 1 N–H and O–H groups in total. The second-order valence-electron chi connectivity index (χ2n) is 4.19. The molecule has 1 fully saturated rings. The molecule has 1 aliphatic rings. The molecular formula is C8H14F2O. The summed E-state index contributed by atoms with van der Waals surface area (Å²) in [7, 11) is 0. The van der Waals surface area contributed by atoms with Crippen LogP contribution < -0.4 is 0 Å². The number of halogens is 2. The molecule has 11 heavy (non-hydrogen) atoms. The van der Waals surface area contributed by atoms with Gasteiger partial charge >= 0.3 is 0 Å². The van der Waals surface area contributed by atoms with Gasteiger partial charge in [0.15, 0.2) is 0 Å². The zero-order valence-corrected chi connectivity index (χ0v) is 6.90. The van der Waals surface area contributed by atoms with Gasteiger partial charge in [-0.05, 0) is 11.8 Å². The topological polar surface area (TPSA) is 20.2 Å². The van der Waals surface area contributed by atoms with E-state index in [4.69, 9.17) is 5.11 Å². The molecule has 0 bridgehead atoms. The zero-order chi connectivity index (χ0) is 8.70. The molecule has 1 rings (SSSR count). The van der Waals surface area contributed by atoms with Gasteiger partial charge in [-0.3, -0.25) is 0 Å². The van der Waals surface area contributed by atoms with E-state index in [1.807, 2.05) is 13.8 Å². The van der Waals surface area contributed by atoms with Crippen molar-refractivity contribution in [1.82, 2.24) is 0 Å². The van der Waals surface area contributed by atoms with Crippen LogP contribution >= 0.6 is 0 Å². The van der Waals surface area contributed by atoms with Crippen molar-refractivity contribution < 1.29 is 13.9 Å². The monoisotopic (exact) mass is 164 g/mol. The quantitative estimate of drug-likeness (QED) is 0.628. The minimum absolute atomic E-state index is 0.0920. The van der Waals surface area contributed by atoms with Gasteiger partial charge in [0.25, 0.3) is 5.92 Å². The summed E-state index contributed by atoms with van der Waals surface area (Å²) < 4.78 is 25.9. The number of hydrogen-bond donors (Lipinski definition) is 1. The third-order valence-electron chi connectivity index (χ3n) is 2.33. The first-order valence-electron chi connectivity index (χ1n) is 3.86. The summed E-state index contributed by atoms with van der Waals surface area (Å²) >= 11 is 0. The van der Waals surface area contributed by atoms with Gasteiger partial charge in [-0.1, -0.05) is 13.8 Å². The lowest BCUT2D eigenvalue weighted by molar-refractivity contribution is -0.0569. The summed E-state index contributed by atoms with van der Waals surface area (Å²) in [5.74, 6) is -3.48. The Kier molecular flexibility index (Phi) is 1.95. The van der Waals surface area contributed by atoms with Gasteiger partial charge in [0.2, 0.25) is 0 Å². The van der Waals surface area contributed by atoms with E-state index in [9.17, 15) is 8.78 Å². The number of aliphatic hydroxyl groups is 1. The predicted octanol–water partition coefficient (Wildman–Crippen LogP) is 2.05. The highest BCUT2D eigenvalue weighted by Crippen LogP contribution is 2.50. The first-order chi connectivity index (χ1) is 4.87. The molecule has 0 heterocycles. The lowest BCUT2D eigenvalue weighted by Crippen LogP contribution is -2.24. The third kappa shape index (κ3) is 1.70. The minimum atomic E-state index is -2.65. The van der Waals surface area contributed by atoms with Gasteiger partial charge < -0.3 is 5.11 Å². The second kappa shape index (κ2) is 2.41. The largest absolute Gasteiger partial charge is 0.396 e. The average Bonchev–Trinajstić information content (AvgIpc) is 1.99. The maximum absolute atomic E-state index is 12.9. The Balaban J connectivity index is 2.71. The molecule has 0 saturated heterocycles. The van der Waals surface area contributed by atoms with Crippen LogP contribution in [0.3, 0.4) is 0 Å². The van der Waals surface area contributed by atoms with Gasteiger partial charge in [0.1, 0.15) is 0 Å². The fourth-order valence-corrected chi connectivity index (χ4v) is 1.87. The van der Waals surface area contributed by atoms with Gasteiger partial charge in [0, 0.05) is 12.3 Å². The Hall–Kier alpha value is -0.180. The van der Waals surface area contributed by atoms with E-state index < -0.39 is 18.4 Å². The van der Waals surface area contributed by atoms with Crippen LogP contribution in [-0.2, 0) is 0 Å². The van der Waals surface area contributed by atoms with E-state index in [0.717, 1.165) is 0 Å². The van der Waals surface area contributed by atoms with E-state index in [2.05, 4.69) is 0 Å². The first-order valence-corrected chi connectivity index (χ1v) is 3.86. The smallest absolute Gasteiger partial charge is 0.253 e. The Morgan fingerprint density at radius 2 is 2.00 bits per heavy atom. The number of rotatable bonds is 1. The molecule has 1 nitrogen and oxygen atoms in total. The van der Waals surface area contributed by atoms with Crippen LogP contribution in [0.15, 0.2) is 0 Å². The van der Waals surface area contributed by atoms with Crippen LogP contribution in [0.1, 0.15) is 26.7 Å². The molecule has 1 unspecified atom stereocenters. The highest BCUT2D eigenvalue weighted by molar-refractivity contribution is 4.93. The van der Waals surface area contributed by atoms with E-state index in [1.165, 1.54) is 0 Å². The van der Waals surface area contributed by atoms with E-state index in [0.29, 0.717) is 6.42 Å². The standard InChI is InChI=1S/C8H14F2O/c1-7(2)3-6(4-11)8(9,10)5-7/h6,11H,3-5H2,1-2H3. The van der Waals surface area contributed by atoms with E-state index in [1.54, 1.807) is 0 Å². The molecular weight excluding hydrogens is 150 g/mol. The van der Waals surface area contributed by atoms with Crippen molar-refractivity contribution in [2.75, 3.05) is 6.61 Å². The van der Waals surface area contributed by atoms with E-state index in [-0.39, 0.29) is 11.8 Å². The average molecular weight is 164 g/mol. The Morgan fingerprint density at radius 3 is 2.18 bits per heavy atom. The van der Waals surface area contributed by atoms with Gasteiger partial charge in [-0.2, -0.15) is 0 Å². The molecule has 66 valence electrons. The Morgan fingerprint density at radius 1 is 1.45 bits per heavy atom. The molecule has 1 aliphatic carbocycles. The van der Waals surface area contributed by atoms with Crippen LogP contribution in [0.4, 0.5) is 8.78 Å². The third-order valence-corrected chi connectivity index (χ3v) is 2.33. The summed E-state index contributed by atoms with van der Waals surface area (Å²) in [5, 5.41) is 8.65. The highest BCUT2D eigenvalue weighted by atomic mass is 19.3. The van der Waals surface area contributed by atoms with Crippen molar-refractivity contribution >= 4 is 0 Å². The van der Waals surface area contributed by atoms with Crippen LogP contribution in [0, 0.1) is 11.3 Å². The molecule has 1 atom stereocenters. The SMILES string of the molecule is CC1(C)CC(CO)C(F)(F)C1. The summed E-state index contributed by atoms with van der Waals surface area (Å²) in [4.78, 5) is 0. The lowest BCUT2D eigenvalue weighted by Gasteiger charge is -2.16. The molecule has 3 heteroatoms. The highest BCUT2D eigenvalue weighted by Gasteiger charge is 2.51. The summed E-state index contributed by atoms with van der Waals surface area (Å²) in [6.45, 7) is 3.24. The molecule has 1 saturated carbocycles. The number of aliphatic hydroxyl groups excluding tert-OH is 1. The van der Waals surface area contributed by atoms with Crippen molar-refractivity contribution in [1.29, 1.82) is 0 Å². The first kappa shape index (κ1) is 8.91. The summed E-state index contributed by atoms with van der Waals surface area (Å²) in [5.41, 5.74) is -0.309. The summed E-state index contributed by atoms with van der Waals surface area (Å²) in [6.07, 6.45) is 0.335. The van der Waals surface area contributed by atoms with Crippen LogP contribution in [0.5, 0.6) is 0 Å². The van der Waals surface area contributed by atoms with Crippen molar-refractivity contribution in [3.8, 4) is 0 Å². The van der Waals surface area contributed by atoms with Gasteiger partial charge in [-0.25, -0.2) is 8.78 Å². The molecule has 0 aromatic heterocycles. The van der Waals surface area contributed by atoms with Crippen LogP contribution in [0.25, 0.3) is 0 Å². The second-order valence-corrected chi connectivity index (χ2v) is 4.19. The molecule has 0 aromatic rings. The Labute approximate surface area is 65.4 Å². The van der Waals surface area contributed by atoms with Crippen molar-refractivity contribution in [2.24, 2.45) is 11.3 Å². The normalized spacial score (nSPS) is 34.1. The number of alkyl halides is 2. The minimum Gasteiger partial charge on any atom is -0.396 e. The van der Waals surface area contributed by atoms with Crippen molar-refractivity contribution in [3.05, 3.63) is 0 Å². The molecule has 0 amide bonds. The van der Waals surface area contributed by atoms with E-state index >= 15 is 0 Å². The Bertz CT molecular complexity index is 154. The zero-order valence-electron chi connectivity index (χ0n) is 6.90. The van der Waals surface area contributed by atoms with Gasteiger partial charge in [0.05, 0.1) is 6.61 Å². The maximum Gasteiger partial charge on any atom is 0.253 e. The van der Waals surface area contributed by atoms with Crippen molar-refractivity contribution in [3.63, 3.8) is 0 Å².